The summed E-state index contributed by atoms with van der Waals surface area (Å²) in [6.45, 7) is 4.76. The number of carboxylic acid groups (broad SMARTS) is 1. The van der Waals surface area contributed by atoms with Crippen LogP contribution in [0.2, 0.25) is 0 Å². The molecule has 1 unspecified atom stereocenters. The number of nitrogens with zero attached hydrogens (tertiary/aromatic N) is 1. The highest BCUT2D eigenvalue weighted by Crippen LogP contribution is 1.99. The third-order valence-electron chi connectivity index (χ3n) is 1.27. The maximum atomic E-state index is 11.0. The van der Waals surface area contributed by atoms with Crippen LogP contribution in [0.4, 0.5) is 0 Å². The lowest BCUT2D eigenvalue weighted by Crippen LogP contribution is -2.42. The van der Waals surface area contributed by atoms with Gasteiger partial charge in [-0.15, -0.1) is 0 Å². The van der Waals surface area contributed by atoms with Gasteiger partial charge in [0.1, 0.15) is 0 Å². The van der Waals surface area contributed by atoms with Crippen molar-refractivity contribution < 1.29 is 19.8 Å². The van der Waals surface area contributed by atoms with Gasteiger partial charge >= 0.3 is 5.97 Å². The third kappa shape index (κ3) is 2.35. The summed E-state index contributed by atoms with van der Waals surface area (Å²) >= 11 is 0. The standard InChI is InChI=1S/C7H11NO4/c1-4(2)5(9)8(3)6(10)7(11)12/h6,10H,1H2,2-3H3,(H,11,12). The number of aliphatic hydroxyl groups excluding tert-OH is 1. The van der Waals surface area contributed by atoms with Gasteiger partial charge in [-0.2, -0.15) is 0 Å². The lowest BCUT2D eigenvalue weighted by atomic mass is 10.3. The van der Waals surface area contributed by atoms with Gasteiger partial charge in [0, 0.05) is 12.6 Å². The Morgan fingerprint density at radius 2 is 1.92 bits per heavy atom. The lowest BCUT2D eigenvalue weighted by molar-refractivity contribution is -0.161. The first-order valence-electron chi connectivity index (χ1n) is 3.21. The minimum atomic E-state index is -1.81. The highest BCUT2D eigenvalue weighted by Gasteiger charge is 2.23. The molecule has 0 bridgehead atoms. The molecule has 0 aromatic heterocycles. The van der Waals surface area contributed by atoms with Gasteiger partial charge in [-0.25, -0.2) is 4.79 Å². The SMILES string of the molecule is C=C(C)C(=O)N(C)C(O)C(=O)O. The number of hydrogen-bond acceptors (Lipinski definition) is 3. The number of carbonyl (C=O) groups excluding carboxylic acids is 1. The normalized spacial score (nSPS) is 11.9. The maximum absolute atomic E-state index is 11.0. The summed E-state index contributed by atoms with van der Waals surface area (Å²) in [7, 11) is 1.19. The zero-order chi connectivity index (χ0) is 9.89. The van der Waals surface area contributed by atoms with E-state index in [1.165, 1.54) is 14.0 Å². The molecular weight excluding hydrogens is 162 g/mol. The van der Waals surface area contributed by atoms with Crippen LogP contribution in [0.15, 0.2) is 12.2 Å². The summed E-state index contributed by atoms with van der Waals surface area (Å²) in [6.07, 6.45) is -1.81. The van der Waals surface area contributed by atoms with Crippen molar-refractivity contribution in [1.29, 1.82) is 0 Å². The van der Waals surface area contributed by atoms with E-state index >= 15 is 0 Å². The second-order valence-corrected chi connectivity index (χ2v) is 2.41. The number of carboxylic acids is 1. The van der Waals surface area contributed by atoms with Crippen molar-refractivity contribution in [2.24, 2.45) is 0 Å². The first kappa shape index (κ1) is 10.6. The number of hydrogen-bond donors (Lipinski definition) is 2. The average molecular weight is 173 g/mol. The van der Waals surface area contributed by atoms with Gasteiger partial charge in [0.25, 0.3) is 5.91 Å². The van der Waals surface area contributed by atoms with E-state index in [2.05, 4.69) is 6.58 Å². The predicted molar refractivity (Wildman–Crippen MR) is 41.2 cm³/mol. The van der Waals surface area contributed by atoms with Gasteiger partial charge < -0.3 is 15.1 Å². The topological polar surface area (TPSA) is 77.8 Å². The van der Waals surface area contributed by atoms with Gasteiger partial charge in [0.05, 0.1) is 0 Å². The highest BCUT2D eigenvalue weighted by atomic mass is 16.4. The van der Waals surface area contributed by atoms with Crippen molar-refractivity contribution in [3.63, 3.8) is 0 Å². The first-order valence-corrected chi connectivity index (χ1v) is 3.21. The zero-order valence-corrected chi connectivity index (χ0v) is 6.94. The van der Waals surface area contributed by atoms with E-state index in [1.807, 2.05) is 0 Å². The second-order valence-electron chi connectivity index (χ2n) is 2.41. The molecule has 1 atom stereocenters. The Kier molecular flexibility index (Phi) is 3.43. The Bertz CT molecular complexity index is 223. The Labute approximate surface area is 69.9 Å². The van der Waals surface area contributed by atoms with Gasteiger partial charge in [-0.1, -0.05) is 6.58 Å². The van der Waals surface area contributed by atoms with Crippen molar-refractivity contribution >= 4 is 11.9 Å². The minimum Gasteiger partial charge on any atom is -0.478 e. The van der Waals surface area contributed by atoms with Crippen molar-refractivity contribution in [2.75, 3.05) is 7.05 Å². The molecule has 0 heterocycles. The summed E-state index contributed by atoms with van der Waals surface area (Å²) < 4.78 is 0. The summed E-state index contributed by atoms with van der Waals surface area (Å²) in [5.41, 5.74) is 0.179. The number of aliphatic hydroxyl groups is 1. The van der Waals surface area contributed by atoms with E-state index in [0.29, 0.717) is 4.90 Å². The van der Waals surface area contributed by atoms with Crippen LogP contribution < -0.4 is 0 Å². The molecule has 0 aliphatic rings. The van der Waals surface area contributed by atoms with Crippen LogP contribution in [0.5, 0.6) is 0 Å². The first-order chi connectivity index (χ1) is 5.37. The molecule has 0 saturated carbocycles. The van der Waals surface area contributed by atoms with Crippen LogP contribution in [0.25, 0.3) is 0 Å². The van der Waals surface area contributed by atoms with E-state index in [1.54, 1.807) is 0 Å². The average Bonchev–Trinajstić information content (AvgIpc) is 2.00. The molecule has 2 N–H and O–H groups in total. The molecule has 0 saturated heterocycles. The minimum absolute atomic E-state index is 0.179. The van der Waals surface area contributed by atoms with Crippen LogP contribution in [0.3, 0.4) is 0 Å². The zero-order valence-electron chi connectivity index (χ0n) is 6.94. The Balaban J connectivity index is 4.39. The molecule has 1 amide bonds. The number of amides is 1. The van der Waals surface area contributed by atoms with Crippen molar-refractivity contribution in [1.82, 2.24) is 4.90 Å². The predicted octanol–water partition coefficient (Wildman–Crippen LogP) is -0.576. The molecule has 0 spiro atoms. The number of rotatable bonds is 3. The molecule has 0 fully saturated rings. The molecule has 0 radical (unpaired) electrons. The van der Waals surface area contributed by atoms with Gasteiger partial charge in [-0.05, 0) is 6.92 Å². The van der Waals surface area contributed by atoms with E-state index in [4.69, 9.17) is 10.2 Å². The monoisotopic (exact) mass is 173 g/mol. The van der Waals surface area contributed by atoms with Crippen LogP contribution >= 0.6 is 0 Å². The fourth-order valence-corrected chi connectivity index (χ4v) is 0.578. The van der Waals surface area contributed by atoms with E-state index < -0.39 is 18.1 Å². The molecule has 0 aliphatic carbocycles. The maximum Gasteiger partial charge on any atom is 0.354 e. The molecule has 0 aromatic rings. The number of likely N-dealkylation sites (N-methyl/N-ethyl adjacent to an activating group) is 1. The van der Waals surface area contributed by atoms with E-state index in [-0.39, 0.29) is 5.57 Å². The van der Waals surface area contributed by atoms with Crippen molar-refractivity contribution in [3.05, 3.63) is 12.2 Å². The molecule has 0 rings (SSSR count). The molecule has 0 aromatic carbocycles. The summed E-state index contributed by atoms with van der Waals surface area (Å²) in [4.78, 5) is 21.9. The Morgan fingerprint density at radius 1 is 1.50 bits per heavy atom. The van der Waals surface area contributed by atoms with E-state index in [9.17, 15) is 9.59 Å². The summed E-state index contributed by atoms with van der Waals surface area (Å²) in [6, 6.07) is 0. The third-order valence-corrected chi connectivity index (χ3v) is 1.27. The smallest absolute Gasteiger partial charge is 0.354 e. The largest absolute Gasteiger partial charge is 0.478 e. The van der Waals surface area contributed by atoms with Crippen molar-refractivity contribution in [3.8, 4) is 0 Å². The molecule has 5 nitrogen and oxygen atoms in total. The van der Waals surface area contributed by atoms with Crippen LogP contribution in [-0.4, -0.2) is 40.3 Å². The summed E-state index contributed by atoms with van der Waals surface area (Å²) in [5, 5.41) is 17.2. The molecule has 0 aliphatic heterocycles. The van der Waals surface area contributed by atoms with Crippen LogP contribution in [0, 0.1) is 0 Å². The fourth-order valence-electron chi connectivity index (χ4n) is 0.578. The van der Waals surface area contributed by atoms with Crippen LogP contribution in [-0.2, 0) is 9.59 Å². The second kappa shape index (κ2) is 3.87. The number of aliphatic carboxylic acids is 1. The van der Waals surface area contributed by atoms with E-state index in [0.717, 1.165) is 0 Å². The Morgan fingerprint density at radius 3 is 2.17 bits per heavy atom. The van der Waals surface area contributed by atoms with Gasteiger partial charge in [0.15, 0.2) is 0 Å². The Hall–Kier alpha value is -1.36. The molecule has 12 heavy (non-hydrogen) atoms. The van der Waals surface area contributed by atoms with Crippen LogP contribution in [0.1, 0.15) is 6.92 Å². The number of carbonyl (C=O) groups is 2. The van der Waals surface area contributed by atoms with Gasteiger partial charge in [-0.3, -0.25) is 4.79 Å². The van der Waals surface area contributed by atoms with Crippen molar-refractivity contribution in [2.45, 2.75) is 13.2 Å². The highest BCUT2D eigenvalue weighted by molar-refractivity contribution is 5.94. The lowest BCUT2D eigenvalue weighted by Gasteiger charge is -2.19. The fraction of sp³-hybridized carbons (Fsp3) is 0.429. The summed E-state index contributed by atoms with van der Waals surface area (Å²) in [5.74, 6) is -2.06. The molecule has 68 valence electrons. The quantitative estimate of drug-likeness (QED) is 0.442. The molecule has 5 heteroatoms. The molecular formula is C7H11NO4. The van der Waals surface area contributed by atoms with Gasteiger partial charge in [0.2, 0.25) is 6.23 Å².